The SMILES string of the molecule is COc1cccc(NC2CC[NH+]([C@H]3CC(=O)N(c4ccc(F)cc4)C3=O)CC2)c1. The van der Waals surface area contributed by atoms with Gasteiger partial charge in [0.15, 0.2) is 6.04 Å². The van der Waals surface area contributed by atoms with Gasteiger partial charge in [-0.2, -0.15) is 0 Å². The molecule has 2 aromatic rings. The van der Waals surface area contributed by atoms with E-state index in [1.54, 1.807) is 7.11 Å². The molecular weight excluding hydrogens is 373 g/mol. The molecule has 2 aliphatic heterocycles. The number of imide groups is 1. The molecular formula is C22H25FN3O3+. The number of methoxy groups -OCH3 is 1. The fourth-order valence-electron chi connectivity index (χ4n) is 4.24. The molecule has 2 heterocycles. The average Bonchev–Trinajstić information content (AvgIpc) is 3.03. The fraction of sp³-hybridized carbons (Fsp3) is 0.364. The summed E-state index contributed by atoms with van der Waals surface area (Å²) in [5.41, 5.74) is 1.46. The van der Waals surface area contributed by atoms with Gasteiger partial charge in [-0.05, 0) is 36.4 Å². The van der Waals surface area contributed by atoms with Gasteiger partial charge < -0.3 is 15.0 Å². The van der Waals surface area contributed by atoms with E-state index in [0.717, 1.165) is 42.3 Å². The van der Waals surface area contributed by atoms with E-state index in [1.165, 1.54) is 29.2 Å². The third-order valence-electron chi connectivity index (χ3n) is 5.79. The lowest BCUT2D eigenvalue weighted by atomic mass is 10.0. The van der Waals surface area contributed by atoms with Gasteiger partial charge in [0, 0.05) is 30.6 Å². The predicted octanol–water partition coefficient (Wildman–Crippen LogP) is 1.63. The fourth-order valence-corrected chi connectivity index (χ4v) is 4.24. The Bertz CT molecular complexity index is 894. The van der Waals surface area contributed by atoms with Gasteiger partial charge in [0.25, 0.3) is 5.91 Å². The van der Waals surface area contributed by atoms with E-state index in [9.17, 15) is 14.0 Å². The lowest BCUT2D eigenvalue weighted by Crippen LogP contribution is -3.17. The van der Waals surface area contributed by atoms with Crippen molar-refractivity contribution < 1.29 is 23.6 Å². The maximum Gasteiger partial charge on any atom is 0.292 e. The summed E-state index contributed by atoms with van der Waals surface area (Å²) >= 11 is 0. The molecule has 2 aromatic carbocycles. The number of carbonyl (C=O) groups is 2. The lowest BCUT2D eigenvalue weighted by molar-refractivity contribution is -0.919. The number of ether oxygens (including phenoxy) is 1. The molecule has 7 heteroatoms. The molecule has 0 bridgehead atoms. The van der Waals surface area contributed by atoms with E-state index in [0.29, 0.717) is 11.7 Å². The zero-order valence-electron chi connectivity index (χ0n) is 16.4. The van der Waals surface area contributed by atoms with Crippen molar-refractivity contribution in [2.75, 3.05) is 30.4 Å². The van der Waals surface area contributed by atoms with Crippen LogP contribution < -0.4 is 19.9 Å². The van der Waals surface area contributed by atoms with Crippen LogP contribution in [0, 0.1) is 5.82 Å². The number of anilines is 2. The number of nitrogens with zero attached hydrogens (tertiary/aromatic N) is 1. The van der Waals surface area contributed by atoms with E-state index < -0.39 is 0 Å². The van der Waals surface area contributed by atoms with E-state index in [1.807, 2.05) is 24.3 Å². The molecule has 152 valence electrons. The molecule has 4 rings (SSSR count). The summed E-state index contributed by atoms with van der Waals surface area (Å²) < 4.78 is 18.4. The van der Waals surface area contributed by atoms with Crippen LogP contribution in [0.15, 0.2) is 48.5 Å². The molecule has 0 aliphatic carbocycles. The lowest BCUT2D eigenvalue weighted by Gasteiger charge is -2.32. The van der Waals surface area contributed by atoms with Crippen LogP contribution in [0.5, 0.6) is 5.75 Å². The van der Waals surface area contributed by atoms with E-state index in [2.05, 4.69) is 5.32 Å². The maximum atomic E-state index is 13.2. The number of hydrogen-bond acceptors (Lipinski definition) is 4. The van der Waals surface area contributed by atoms with Crippen molar-refractivity contribution in [2.24, 2.45) is 0 Å². The number of likely N-dealkylation sites (tertiary alicyclic amines) is 1. The molecule has 0 radical (unpaired) electrons. The first-order valence-electron chi connectivity index (χ1n) is 9.92. The Morgan fingerprint density at radius 3 is 2.52 bits per heavy atom. The van der Waals surface area contributed by atoms with E-state index in [4.69, 9.17) is 4.74 Å². The first-order valence-corrected chi connectivity index (χ1v) is 9.92. The molecule has 0 saturated carbocycles. The van der Waals surface area contributed by atoms with Gasteiger partial charge in [-0.1, -0.05) is 6.07 Å². The average molecular weight is 398 g/mol. The Morgan fingerprint density at radius 1 is 1.10 bits per heavy atom. The minimum Gasteiger partial charge on any atom is -0.497 e. The van der Waals surface area contributed by atoms with Crippen molar-refractivity contribution in [3.05, 3.63) is 54.3 Å². The molecule has 2 aliphatic rings. The molecule has 1 atom stereocenters. The molecule has 2 N–H and O–H groups in total. The summed E-state index contributed by atoms with van der Waals surface area (Å²) in [4.78, 5) is 27.7. The van der Waals surface area contributed by atoms with Crippen LogP contribution >= 0.6 is 0 Å². The summed E-state index contributed by atoms with van der Waals surface area (Å²) in [6, 6.07) is 13.3. The van der Waals surface area contributed by atoms with Crippen molar-refractivity contribution in [1.82, 2.24) is 0 Å². The Hall–Kier alpha value is -2.93. The molecule has 2 fully saturated rings. The molecule has 2 saturated heterocycles. The second kappa shape index (κ2) is 8.21. The number of carbonyl (C=O) groups excluding carboxylic acids is 2. The molecule has 0 spiro atoms. The molecule has 2 amide bonds. The number of amides is 2. The quantitative estimate of drug-likeness (QED) is 0.752. The van der Waals surface area contributed by atoms with Gasteiger partial charge >= 0.3 is 0 Å². The highest BCUT2D eigenvalue weighted by atomic mass is 19.1. The summed E-state index contributed by atoms with van der Waals surface area (Å²) in [7, 11) is 1.65. The van der Waals surface area contributed by atoms with Gasteiger partial charge in [-0.3, -0.25) is 9.59 Å². The predicted molar refractivity (Wildman–Crippen MR) is 108 cm³/mol. The Morgan fingerprint density at radius 2 is 1.83 bits per heavy atom. The highest BCUT2D eigenvalue weighted by molar-refractivity contribution is 6.21. The van der Waals surface area contributed by atoms with Crippen molar-refractivity contribution in [3.8, 4) is 5.75 Å². The molecule has 0 aromatic heterocycles. The van der Waals surface area contributed by atoms with Crippen LogP contribution in [0.4, 0.5) is 15.8 Å². The summed E-state index contributed by atoms with van der Waals surface area (Å²) in [6.45, 7) is 1.64. The largest absolute Gasteiger partial charge is 0.497 e. The zero-order chi connectivity index (χ0) is 20.4. The van der Waals surface area contributed by atoms with Gasteiger partial charge in [0.05, 0.1) is 32.3 Å². The third kappa shape index (κ3) is 4.10. The number of benzene rings is 2. The number of halogens is 1. The molecule has 0 unspecified atom stereocenters. The Labute approximate surface area is 169 Å². The number of hydrogen-bond donors (Lipinski definition) is 2. The van der Waals surface area contributed by atoms with Crippen molar-refractivity contribution in [2.45, 2.75) is 31.3 Å². The minimum absolute atomic E-state index is 0.184. The van der Waals surface area contributed by atoms with Crippen LogP contribution in [-0.2, 0) is 9.59 Å². The highest BCUT2D eigenvalue weighted by Crippen LogP contribution is 2.23. The molecule has 29 heavy (non-hydrogen) atoms. The summed E-state index contributed by atoms with van der Waals surface area (Å²) in [5, 5.41) is 3.54. The standard InChI is InChI=1S/C22H24FN3O3/c1-29-19-4-2-3-17(13-19)24-16-9-11-25(12-10-16)20-14-21(27)26(22(20)28)18-7-5-15(23)6-8-18/h2-8,13,16,20,24H,9-12,14H2,1H3/p+1/t20-/m0/s1. The number of quaternary nitrogens is 1. The summed E-state index contributed by atoms with van der Waals surface area (Å²) in [6.07, 6.45) is 2.04. The second-order valence-electron chi connectivity index (χ2n) is 7.61. The second-order valence-corrected chi connectivity index (χ2v) is 7.61. The van der Waals surface area contributed by atoms with Gasteiger partial charge in [0.2, 0.25) is 5.91 Å². The van der Waals surface area contributed by atoms with Crippen LogP contribution in [-0.4, -0.2) is 44.1 Å². The van der Waals surface area contributed by atoms with Crippen LogP contribution in [0.3, 0.4) is 0 Å². The normalized spacial score (nSPS) is 24.6. The minimum atomic E-state index is -0.388. The van der Waals surface area contributed by atoms with Crippen LogP contribution in [0.2, 0.25) is 0 Å². The smallest absolute Gasteiger partial charge is 0.292 e. The number of nitrogens with one attached hydrogen (secondary N) is 2. The Balaban J connectivity index is 1.36. The first kappa shape index (κ1) is 19.4. The van der Waals surface area contributed by atoms with Crippen molar-refractivity contribution >= 4 is 23.2 Å². The molecule has 6 nitrogen and oxygen atoms in total. The number of rotatable bonds is 5. The van der Waals surface area contributed by atoms with Gasteiger partial charge in [0.1, 0.15) is 11.6 Å². The van der Waals surface area contributed by atoms with Crippen molar-refractivity contribution in [3.63, 3.8) is 0 Å². The van der Waals surface area contributed by atoms with Crippen molar-refractivity contribution in [1.29, 1.82) is 0 Å². The zero-order valence-corrected chi connectivity index (χ0v) is 16.4. The van der Waals surface area contributed by atoms with Gasteiger partial charge in [-0.25, -0.2) is 9.29 Å². The topological polar surface area (TPSA) is 63.1 Å². The van der Waals surface area contributed by atoms with Gasteiger partial charge in [-0.15, -0.1) is 0 Å². The first-order chi connectivity index (χ1) is 14.0. The third-order valence-corrected chi connectivity index (χ3v) is 5.79. The Kier molecular flexibility index (Phi) is 5.49. The van der Waals surface area contributed by atoms with Crippen LogP contribution in [0.1, 0.15) is 19.3 Å². The monoisotopic (exact) mass is 398 g/mol. The highest BCUT2D eigenvalue weighted by Gasteiger charge is 2.46. The summed E-state index contributed by atoms with van der Waals surface area (Å²) in [5.74, 6) is 0.0289. The van der Waals surface area contributed by atoms with E-state index >= 15 is 0 Å². The van der Waals surface area contributed by atoms with E-state index in [-0.39, 0.29) is 30.1 Å². The number of piperidine rings is 1. The maximum absolute atomic E-state index is 13.2. The van der Waals surface area contributed by atoms with Crippen LogP contribution in [0.25, 0.3) is 0 Å².